The van der Waals surface area contributed by atoms with Gasteiger partial charge in [-0.2, -0.15) is 0 Å². The molecule has 1 fully saturated rings. The summed E-state index contributed by atoms with van der Waals surface area (Å²) < 4.78 is 0. The fourth-order valence-electron chi connectivity index (χ4n) is 5.97. The molecule has 0 aromatic carbocycles. The Labute approximate surface area is 142 Å². The maximum Gasteiger partial charge on any atom is 0.00491 e. The molecule has 4 aliphatic rings. The van der Waals surface area contributed by atoms with Crippen LogP contribution in [0.25, 0.3) is 0 Å². The van der Waals surface area contributed by atoms with E-state index in [1.165, 1.54) is 25.7 Å². The summed E-state index contributed by atoms with van der Waals surface area (Å²) in [5.74, 6) is 2.92. The Morgan fingerprint density at radius 1 is 1.26 bits per heavy atom. The molecule has 0 nitrogen and oxygen atoms in total. The molecule has 5 unspecified atom stereocenters. The Kier molecular flexibility index (Phi) is 3.35. The van der Waals surface area contributed by atoms with Gasteiger partial charge in [-0.3, -0.25) is 0 Å². The molecule has 0 radical (unpaired) electrons. The van der Waals surface area contributed by atoms with Crippen LogP contribution in [0.5, 0.6) is 0 Å². The van der Waals surface area contributed by atoms with Crippen LogP contribution >= 0.6 is 0 Å². The monoisotopic (exact) mass is 308 g/mol. The predicted molar refractivity (Wildman–Crippen MR) is 99.1 cm³/mol. The minimum atomic E-state index is 0.379. The highest BCUT2D eigenvalue weighted by Gasteiger charge is 2.54. The molecule has 0 aromatic rings. The van der Waals surface area contributed by atoms with Crippen LogP contribution in [-0.4, -0.2) is 0 Å². The zero-order valence-corrected chi connectivity index (χ0v) is 15.5. The Morgan fingerprint density at radius 2 is 2.04 bits per heavy atom. The summed E-state index contributed by atoms with van der Waals surface area (Å²) in [4.78, 5) is 0. The summed E-state index contributed by atoms with van der Waals surface area (Å²) in [6.07, 6.45) is 17.8. The van der Waals surface area contributed by atoms with Crippen LogP contribution in [0, 0.1) is 34.5 Å². The third-order valence-electron chi connectivity index (χ3n) is 7.82. The summed E-state index contributed by atoms with van der Waals surface area (Å²) in [5.41, 5.74) is 5.89. The average Bonchev–Trinajstić information content (AvgIpc) is 2.53. The first-order valence-electron chi connectivity index (χ1n) is 9.64. The number of hydrogen-bond acceptors (Lipinski definition) is 0. The molecule has 4 rings (SSSR count). The van der Waals surface area contributed by atoms with Crippen molar-refractivity contribution in [1.82, 2.24) is 0 Å². The van der Waals surface area contributed by atoms with Gasteiger partial charge in [-0.15, -0.1) is 0 Å². The highest BCUT2D eigenvalue weighted by Crippen LogP contribution is 2.63. The van der Waals surface area contributed by atoms with Crippen molar-refractivity contribution >= 4 is 0 Å². The van der Waals surface area contributed by atoms with E-state index in [-0.39, 0.29) is 0 Å². The molecule has 0 amide bonds. The second-order valence-corrected chi connectivity index (χ2v) is 9.39. The zero-order valence-electron chi connectivity index (χ0n) is 15.5. The predicted octanol–water partition coefficient (Wildman–Crippen LogP) is 6.47. The van der Waals surface area contributed by atoms with Crippen LogP contribution in [0.1, 0.15) is 60.3 Å². The summed E-state index contributed by atoms with van der Waals surface area (Å²) >= 11 is 0. The van der Waals surface area contributed by atoms with E-state index >= 15 is 0 Å². The standard InChI is InChI=1S/C23H32/c1-6-22(3,4)19-12-14-23(5)13-11-17-15(2)7-8-16-9-10-18(19)21(23)20(16)17/h7-8,10-11,13,17,19-21H,6,9,12,14H2,1-5H3. The Morgan fingerprint density at radius 3 is 2.78 bits per heavy atom. The molecular weight excluding hydrogens is 276 g/mol. The van der Waals surface area contributed by atoms with Gasteiger partial charge in [-0.1, -0.05) is 81.2 Å². The second-order valence-electron chi connectivity index (χ2n) is 9.39. The molecular formula is C23H32. The van der Waals surface area contributed by atoms with E-state index in [4.69, 9.17) is 0 Å². The van der Waals surface area contributed by atoms with E-state index in [2.05, 4.69) is 65.0 Å². The van der Waals surface area contributed by atoms with Crippen LogP contribution in [0.4, 0.5) is 0 Å². The largest absolute Gasteiger partial charge is 0.0813 e. The molecule has 0 aliphatic heterocycles. The van der Waals surface area contributed by atoms with Gasteiger partial charge in [0, 0.05) is 5.92 Å². The Balaban J connectivity index is 1.84. The molecule has 0 N–H and O–H groups in total. The second kappa shape index (κ2) is 4.98. The summed E-state index contributed by atoms with van der Waals surface area (Å²) in [5, 5.41) is 0. The van der Waals surface area contributed by atoms with Gasteiger partial charge < -0.3 is 0 Å². The molecule has 0 heterocycles. The van der Waals surface area contributed by atoms with Crippen molar-refractivity contribution in [3.05, 3.63) is 47.1 Å². The van der Waals surface area contributed by atoms with E-state index in [1.807, 2.05) is 5.57 Å². The fourth-order valence-corrected chi connectivity index (χ4v) is 5.97. The van der Waals surface area contributed by atoms with Crippen LogP contribution in [0.2, 0.25) is 0 Å². The Bertz CT molecular complexity index is 639. The van der Waals surface area contributed by atoms with Gasteiger partial charge in [0.15, 0.2) is 0 Å². The van der Waals surface area contributed by atoms with E-state index in [0.29, 0.717) is 16.7 Å². The third kappa shape index (κ3) is 2.10. The maximum absolute atomic E-state index is 2.64. The van der Waals surface area contributed by atoms with E-state index in [1.54, 1.807) is 11.1 Å². The molecule has 23 heavy (non-hydrogen) atoms. The molecule has 124 valence electrons. The summed E-state index contributed by atoms with van der Waals surface area (Å²) in [6.45, 7) is 12.2. The van der Waals surface area contributed by atoms with Gasteiger partial charge in [0.05, 0.1) is 0 Å². The van der Waals surface area contributed by atoms with Crippen molar-refractivity contribution in [2.24, 2.45) is 34.5 Å². The van der Waals surface area contributed by atoms with Crippen LogP contribution in [-0.2, 0) is 0 Å². The summed E-state index contributed by atoms with van der Waals surface area (Å²) in [7, 11) is 0. The van der Waals surface area contributed by atoms with Gasteiger partial charge in [0.25, 0.3) is 0 Å². The molecule has 4 aliphatic carbocycles. The van der Waals surface area contributed by atoms with Gasteiger partial charge in [0.1, 0.15) is 0 Å². The van der Waals surface area contributed by atoms with E-state index < -0.39 is 0 Å². The van der Waals surface area contributed by atoms with E-state index in [0.717, 1.165) is 17.8 Å². The van der Waals surface area contributed by atoms with Crippen LogP contribution in [0.3, 0.4) is 0 Å². The molecule has 5 atom stereocenters. The zero-order chi connectivity index (χ0) is 16.4. The smallest absolute Gasteiger partial charge is 0.00491 e. The van der Waals surface area contributed by atoms with Crippen LogP contribution in [0.15, 0.2) is 47.1 Å². The number of allylic oxidation sites excluding steroid dienone is 8. The lowest BCUT2D eigenvalue weighted by Crippen LogP contribution is -2.49. The normalized spacial score (nSPS) is 41.7. The highest BCUT2D eigenvalue weighted by molar-refractivity contribution is 5.43. The maximum atomic E-state index is 2.64. The van der Waals surface area contributed by atoms with Crippen molar-refractivity contribution in [1.29, 1.82) is 0 Å². The van der Waals surface area contributed by atoms with Gasteiger partial charge in [-0.05, 0) is 54.8 Å². The quantitative estimate of drug-likeness (QED) is 0.512. The van der Waals surface area contributed by atoms with Crippen molar-refractivity contribution in [2.45, 2.75) is 60.3 Å². The van der Waals surface area contributed by atoms with Gasteiger partial charge >= 0.3 is 0 Å². The van der Waals surface area contributed by atoms with Gasteiger partial charge in [0.2, 0.25) is 0 Å². The molecule has 1 saturated carbocycles. The third-order valence-corrected chi connectivity index (χ3v) is 7.82. The van der Waals surface area contributed by atoms with Crippen molar-refractivity contribution in [2.75, 3.05) is 0 Å². The first-order valence-corrected chi connectivity index (χ1v) is 9.64. The average molecular weight is 309 g/mol. The SMILES string of the molecule is CCC(C)(C)C1CCC2(C)C=CC3C(C)=CC=C4CC=C1C2C43. The van der Waals surface area contributed by atoms with Crippen molar-refractivity contribution < 1.29 is 0 Å². The van der Waals surface area contributed by atoms with Crippen LogP contribution < -0.4 is 0 Å². The van der Waals surface area contributed by atoms with E-state index in [9.17, 15) is 0 Å². The number of hydrogen-bond donors (Lipinski definition) is 0. The molecule has 0 saturated heterocycles. The Hall–Kier alpha value is -1.04. The fraction of sp³-hybridized carbons (Fsp3) is 0.652. The first kappa shape index (κ1) is 15.5. The van der Waals surface area contributed by atoms with Crippen molar-refractivity contribution in [3.8, 4) is 0 Å². The first-order chi connectivity index (χ1) is 10.9. The minimum Gasteiger partial charge on any atom is -0.0813 e. The lowest BCUT2D eigenvalue weighted by Gasteiger charge is -2.58. The highest BCUT2D eigenvalue weighted by atomic mass is 14.6. The molecule has 0 heteroatoms. The van der Waals surface area contributed by atoms with Crippen molar-refractivity contribution in [3.63, 3.8) is 0 Å². The molecule has 0 bridgehead atoms. The lowest BCUT2D eigenvalue weighted by molar-refractivity contribution is 0.0708. The minimum absolute atomic E-state index is 0.379. The lowest BCUT2D eigenvalue weighted by atomic mass is 9.46. The van der Waals surface area contributed by atoms with Gasteiger partial charge in [-0.25, -0.2) is 0 Å². The topological polar surface area (TPSA) is 0 Å². The number of rotatable bonds is 2. The summed E-state index contributed by atoms with van der Waals surface area (Å²) in [6, 6.07) is 0. The molecule has 0 aromatic heterocycles. The molecule has 0 spiro atoms.